The molecule has 4 heteroatoms. The lowest BCUT2D eigenvalue weighted by Crippen LogP contribution is -2.32. The lowest BCUT2D eigenvalue weighted by molar-refractivity contribution is -0.148. The van der Waals surface area contributed by atoms with Crippen molar-refractivity contribution in [3.05, 3.63) is 0 Å². The van der Waals surface area contributed by atoms with E-state index in [9.17, 15) is 9.59 Å². The van der Waals surface area contributed by atoms with E-state index in [0.717, 1.165) is 32.1 Å². The van der Waals surface area contributed by atoms with E-state index in [1.165, 1.54) is 0 Å². The van der Waals surface area contributed by atoms with Gasteiger partial charge < -0.3 is 5.11 Å². The number of carboxylic acids is 1. The first-order valence-corrected chi connectivity index (χ1v) is 6.51. The predicted molar refractivity (Wildman–Crippen MR) is 62.7 cm³/mol. The van der Waals surface area contributed by atoms with Gasteiger partial charge in [-0.3, -0.25) is 9.59 Å². The minimum Gasteiger partial charge on any atom is -0.481 e. The van der Waals surface area contributed by atoms with E-state index in [1.54, 1.807) is 0 Å². The van der Waals surface area contributed by atoms with E-state index < -0.39 is 11.9 Å². The second-order valence-electron chi connectivity index (χ2n) is 4.45. The first kappa shape index (κ1) is 13.5. The molecule has 0 saturated heterocycles. The highest BCUT2D eigenvalue weighted by atomic mass is 35.5. The summed E-state index contributed by atoms with van der Waals surface area (Å²) in [6.07, 6.45) is 5.42. The molecule has 0 aliphatic heterocycles. The van der Waals surface area contributed by atoms with Crippen LogP contribution in [-0.4, -0.2) is 22.7 Å². The summed E-state index contributed by atoms with van der Waals surface area (Å²) in [5, 5.41) is 9.06. The summed E-state index contributed by atoms with van der Waals surface area (Å²) in [4.78, 5) is 22.9. The van der Waals surface area contributed by atoms with Crippen molar-refractivity contribution < 1.29 is 14.7 Å². The third-order valence-corrected chi connectivity index (χ3v) is 3.57. The van der Waals surface area contributed by atoms with E-state index in [1.807, 2.05) is 0 Å². The zero-order valence-corrected chi connectivity index (χ0v) is 10.2. The molecule has 0 heterocycles. The number of Topliss-reactive ketones (excluding diaryl/α,β-unsaturated/α-hetero) is 1. The molecular formula is C12H19ClO3. The topological polar surface area (TPSA) is 54.4 Å². The van der Waals surface area contributed by atoms with Crippen LogP contribution in [-0.2, 0) is 9.59 Å². The van der Waals surface area contributed by atoms with Gasteiger partial charge in [0.1, 0.15) is 5.78 Å². The minimum absolute atomic E-state index is 0.122. The maximum absolute atomic E-state index is 11.9. The van der Waals surface area contributed by atoms with Gasteiger partial charge in [0.25, 0.3) is 0 Å². The third-order valence-electron chi connectivity index (χ3n) is 3.30. The van der Waals surface area contributed by atoms with Crippen molar-refractivity contribution in [2.75, 3.05) is 5.88 Å². The molecule has 16 heavy (non-hydrogen) atoms. The summed E-state index contributed by atoms with van der Waals surface area (Å²) in [6, 6.07) is 0. The van der Waals surface area contributed by atoms with Gasteiger partial charge in [-0.05, 0) is 25.7 Å². The molecule has 1 aliphatic carbocycles. The van der Waals surface area contributed by atoms with E-state index in [2.05, 4.69) is 0 Å². The molecule has 0 spiro atoms. The summed E-state index contributed by atoms with van der Waals surface area (Å²) >= 11 is 5.54. The van der Waals surface area contributed by atoms with Crippen molar-refractivity contribution in [3.8, 4) is 0 Å². The zero-order valence-electron chi connectivity index (χ0n) is 9.45. The molecule has 2 unspecified atom stereocenters. The Hall–Kier alpha value is -0.570. The van der Waals surface area contributed by atoms with Gasteiger partial charge in [0.15, 0.2) is 0 Å². The highest BCUT2D eigenvalue weighted by molar-refractivity contribution is 6.17. The van der Waals surface area contributed by atoms with Gasteiger partial charge in [0.2, 0.25) is 0 Å². The van der Waals surface area contributed by atoms with Gasteiger partial charge >= 0.3 is 5.97 Å². The van der Waals surface area contributed by atoms with E-state index in [-0.39, 0.29) is 11.7 Å². The Morgan fingerprint density at radius 3 is 2.31 bits per heavy atom. The molecule has 92 valence electrons. The monoisotopic (exact) mass is 246 g/mol. The first-order valence-electron chi connectivity index (χ1n) is 5.98. The van der Waals surface area contributed by atoms with Gasteiger partial charge in [-0.15, -0.1) is 11.6 Å². The molecule has 0 aromatic rings. The molecule has 0 bridgehead atoms. The average molecular weight is 247 g/mol. The van der Waals surface area contributed by atoms with Crippen molar-refractivity contribution in [2.45, 2.75) is 44.9 Å². The molecule has 0 aromatic heterocycles. The lowest BCUT2D eigenvalue weighted by Gasteiger charge is -2.27. The predicted octanol–water partition coefficient (Wildman–Crippen LogP) is 2.86. The number of alkyl halides is 1. The molecule has 0 amide bonds. The average Bonchev–Trinajstić information content (AvgIpc) is 2.29. The fourth-order valence-electron chi connectivity index (χ4n) is 2.39. The summed E-state index contributed by atoms with van der Waals surface area (Å²) in [5.41, 5.74) is 0. The van der Waals surface area contributed by atoms with Gasteiger partial charge in [-0.25, -0.2) is 0 Å². The largest absolute Gasteiger partial charge is 0.481 e. The fraction of sp³-hybridized carbons (Fsp3) is 0.833. The lowest BCUT2D eigenvalue weighted by atomic mass is 9.76. The number of hydrogen-bond donors (Lipinski definition) is 1. The highest BCUT2D eigenvalue weighted by Gasteiger charge is 2.34. The Morgan fingerprint density at radius 2 is 1.75 bits per heavy atom. The quantitative estimate of drug-likeness (QED) is 0.579. The number of carboxylic acid groups (broad SMARTS) is 1. The molecule has 1 saturated carbocycles. The van der Waals surface area contributed by atoms with Crippen LogP contribution in [0.15, 0.2) is 0 Å². The number of ketones is 1. The molecule has 0 radical (unpaired) electrons. The van der Waals surface area contributed by atoms with Crippen LogP contribution < -0.4 is 0 Å². The van der Waals surface area contributed by atoms with Crippen LogP contribution in [0.1, 0.15) is 44.9 Å². The second-order valence-corrected chi connectivity index (χ2v) is 4.83. The second kappa shape index (κ2) is 6.89. The first-order chi connectivity index (χ1) is 7.66. The van der Waals surface area contributed by atoms with Crippen LogP contribution in [0.25, 0.3) is 0 Å². The van der Waals surface area contributed by atoms with Crippen LogP contribution in [0.3, 0.4) is 0 Å². The molecule has 0 aromatic carbocycles. The van der Waals surface area contributed by atoms with Gasteiger partial charge in [0, 0.05) is 18.2 Å². The number of halogens is 1. The van der Waals surface area contributed by atoms with Crippen molar-refractivity contribution >= 4 is 23.4 Å². The Morgan fingerprint density at radius 1 is 1.12 bits per heavy atom. The smallest absolute Gasteiger partial charge is 0.307 e. The Kier molecular flexibility index (Phi) is 5.81. The summed E-state index contributed by atoms with van der Waals surface area (Å²) in [7, 11) is 0. The summed E-state index contributed by atoms with van der Waals surface area (Å²) in [5.74, 6) is -0.813. The van der Waals surface area contributed by atoms with E-state index >= 15 is 0 Å². The van der Waals surface area contributed by atoms with E-state index in [4.69, 9.17) is 16.7 Å². The maximum atomic E-state index is 11.9. The Labute approximate surface area is 101 Å². The molecule has 2 atom stereocenters. The molecule has 1 N–H and O–H groups in total. The fourth-order valence-corrected chi connectivity index (χ4v) is 2.58. The van der Waals surface area contributed by atoms with Crippen LogP contribution in [0.5, 0.6) is 0 Å². The Bertz CT molecular complexity index is 253. The van der Waals surface area contributed by atoms with Crippen LogP contribution in [0, 0.1) is 11.8 Å². The molecule has 1 aliphatic rings. The molecule has 3 nitrogen and oxygen atoms in total. The third kappa shape index (κ3) is 3.78. The maximum Gasteiger partial charge on any atom is 0.307 e. The van der Waals surface area contributed by atoms with Crippen molar-refractivity contribution in [3.63, 3.8) is 0 Å². The SMILES string of the molecule is O=C(O)C1CCCCC1C(=O)CCCCCl. The summed E-state index contributed by atoms with van der Waals surface area (Å²) < 4.78 is 0. The van der Waals surface area contributed by atoms with Crippen LogP contribution >= 0.6 is 11.6 Å². The minimum atomic E-state index is -0.810. The van der Waals surface area contributed by atoms with E-state index in [0.29, 0.717) is 18.7 Å². The van der Waals surface area contributed by atoms with Crippen molar-refractivity contribution in [1.82, 2.24) is 0 Å². The van der Waals surface area contributed by atoms with Gasteiger partial charge in [-0.2, -0.15) is 0 Å². The van der Waals surface area contributed by atoms with Crippen LogP contribution in [0.4, 0.5) is 0 Å². The molecule has 1 rings (SSSR count). The highest BCUT2D eigenvalue weighted by Crippen LogP contribution is 2.32. The normalized spacial score (nSPS) is 25.3. The standard InChI is InChI=1S/C12H19ClO3/c13-8-4-3-7-11(14)9-5-1-2-6-10(9)12(15)16/h9-10H,1-8H2,(H,15,16). The molecule has 1 fully saturated rings. The number of carbonyl (C=O) groups excluding carboxylic acids is 1. The zero-order chi connectivity index (χ0) is 12.0. The summed E-state index contributed by atoms with van der Waals surface area (Å²) in [6.45, 7) is 0. The van der Waals surface area contributed by atoms with Crippen molar-refractivity contribution in [1.29, 1.82) is 0 Å². The number of aliphatic carboxylic acids is 1. The number of carbonyl (C=O) groups is 2. The number of rotatable bonds is 6. The van der Waals surface area contributed by atoms with Gasteiger partial charge in [-0.1, -0.05) is 12.8 Å². The number of hydrogen-bond acceptors (Lipinski definition) is 2. The van der Waals surface area contributed by atoms with Crippen molar-refractivity contribution in [2.24, 2.45) is 11.8 Å². The molecular weight excluding hydrogens is 228 g/mol. The number of unbranched alkanes of at least 4 members (excludes halogenated alkanes) is 1. The van der Waals surface area contributed by atoms with Crippen LogP contribution in [0.2, 0.25) is 0 Å². The van der Waals surface area contributed by atoms with Gasteiger partial charge in [0.05, 0.1) is 5.92 Å². The Balaban J connectivity index is 2.47.